The smallest absolute Gasteiger partial charge is 0.259 e. The van der Waals surface area contributed by atoms with Gasteiger partial charge in [0, 0.05) is 14.9 Å². The molecule has 2 aromatic rings. The van der Waals surface area contributed by atoms with Gasteiger partial charge in [0.15, 0.2) is 5.82 Å². The van der Waals surface area contributed by atoms with Gasteiger partial charge >= 0.3 is 0 Å². The largest absolute Gasteiger partial charge is 0.334 e. The maximum absolute atomic E-state index is 5.40. The van der Waals surface area contributed by atoms with Crippen molar-refractivity contribution in [2.75, 3.05) is 13.1 Å². The quantitative estimate of drug-likeness (QED) is 0.854. The number of rotatable bonds is 2. The van der Waals surface area contributed by atoms with Gasteiger partial charge in [-0.25, -0.2) is 0 Å². The van der Waals surface area contributed by atoms with Crippen molar-refractivity contribution in [1.82, 2.24) is 15.5 Å². The first-order valence-corrected chi connectivity index (χ1v) is 7.82. The molecule has 19 heavy (non-hydrogen) atoms. The normalized spacial score (nSPS) is 16.7. The fourth-order valence-corrected chi connectivity index (χ4v) is 3.47. The Morgan fingerprint density at radius 3 is 2.74 bits per heavy atom. The fraction of sp³-hybridized carbons (Fsp3) is 0.385. The molecular formula is C13H13Br2N3O. The number of nitrogens with zero attached hydrogens (tertiary/aromatic N) is 2. The van der Waals surface area contributed by atoms with E-state index in [2.05, 4.69) is 47.3 Å². The van der Waals surface area contributed by atoms with Crippen LogP contribution in [0.4, 0.5) is 0 Å². The van der Waals surface area contributed by atoms with Gasteiger partial charge in [-0.1, -0.05) is 21.1 Å². The minimum Gasteiger partial charge on any atom is -0.334 e. The lowest BCUT2D eigenvalue weighted by atomic mass is 9.98. The number of nitrogens with one attached hydrogen (secondary N) is 1. The molecule has 0 amide bonds. The minimum atomic E-state index is 0.410. The van der Waals surface area contributed by atoms with Crippen molar-refractivity contribution in [1.29, 1.82) is 0 Å². The molecule has 1 aromatic heterocycles. The minimum absolute atomic E-state index is 0.410. The molecule has 0 unspecified atom stereocenters. The molecule has 0 spiro atoms. The van der Waals surface area contributed by atoms with Gasteiger partial charge in [-0.3, -0.25) is 0 Å². The van der Waals surface area contributed by atoms with E-state index in [1.165, 1.54) is 0 Å². The van der Waals surface area contributed by atoms with Crippen LogP contribution in [-0.2, 0) is 0 Å². The van der Waals surface area contributed by atoms with Crippen LogP contribution in [0.2, 0.25) is 0 Å². The Morgan fingerprint density at radius 2 is 2.00 bits per heavy atom. The number of aromatic nitrogens is 2. The van der Waals surface area contributed by atoms with E-state index in [1.807, 2.05) is 18.2 Å². The van der Waals surface area contributed by atoms with Crippen molar-refractivity contribution < 1.29 is 4.52 Å². The molecule has 1 N–H and O–H groups in total. The van der Waals surface area contributed by atoms with Crippen LogP contribution in [0, 0.1) is 0 Å². The average molecular weight is 387 g/mol. The van der Waals surface area contributed by atoms with Crippen LogP contribution < -0.4 is 5.32 Å². The second-order valence-electron chi connectivity index (χ2n) is 4.61. The molecule has 2 heterocycles. The third kappa shape index (κ3) is 2.90. The lowest BCUT2D eigenvalue weighted by molar-refractivity contribution is 0.392. The maximum Gasteiger partial charge on any atom is 0.259 e. The van der Waals surface area contributed by atoms with E-state index in [-0.39, 0.29) is 0 Å². The van der Waals surface area contributed by atoms with Crippen molar-refractivity contribution in [3.63, 3.8) is 0 Å². The Hall–Kier alpha value is -0.720. The van der Waals surface area contributed by atoms with Gasteiger partial charge in [0.05, 0.1) is 5.56 Å². The number of hydrogen-bond acceptors (Lipinski definition) is 4. The van der Waals surface area contributed by atoms with Crippen molar-refractivity contribution in [3.05, 3.63) is 33.0 Å². The second-order valence-corrected chi connectivity index (χ2v) is 6.38. The Balaban J connectivity index is 1.87. The average Bonchev–Trinajstić information content (AvgIpc) is 2.89. The molecule has 6 heteroatoms. The predicted molar refractivity (Wildman–Crippen MR) is 80.0 cm³/mol. The molecule has 3 rings (SSSR count). The highest BCUT2D eigenvalue weighted by Gasteiger charge is 2.21. The van der Waals surface area contributed by atoms with Crippen molar-refractivity contribution in [2.24, 2.45) is 0 Å². The number of halogens is 2. The number of hydrogen-bond donors (Lipinski definition) is 1. The SMILES string of the molecule is Brc1ccc(-c2nc(C3CCNCC3)no2)c(Br)c1. The summed E-state index contributed by atoms with van der Waals surface area (Å²) in [6.45, 7) is 2.05. The topological polar surface area (TPSA) is 51.0 Å². The summed E-state index contributed by atoms with van der Waals surface area (Å²) in [5.74, 6) is 1.81. The van der Waals surface area contributed by atoms with Gasteiger partial charge in [-0.15, -0.1) is 0 Å². The summed E-state index contributed by atoms with van der Waals surface area (Å²) >= 11 is 6.95. The Labute approximate surface area is 128 Å². The molecule has 1 saturated heterocycles. The lowest BCUT2D eigenvalue weighted by Crippen LogP contribution is -2.27. The van der Waals surface area contributed by atoms with Crippen LogP contribution in [0.25, 0.3) is 11.5 Å². The molecule has 1 aromatic carbocycles. The van der Waals surface area contributed by atoms with Crippen LogP contribution in [0.3, 0.4) is 0 Å². The van der Waals surface area contributed by atoms with Gasteiger partial charge in [0.1, 0.15) is 0 Å². The van der Waals surface area contributed by atoms with Crippen LogP contribution in [-0.4, -0.2) is 23.2 Å². The highest BCUT2D eigenvalue weighted by Crippen LogP contribution is 2.31. The molecule has 1 aliphatic heterocycles. The fourth-order valence-electron chi connectivity index (χ4n) is 2.25. The zero-order valence-electron chi connectivity index (χ0n) is 10.2. The zero-order chi connectivity index (χ0) is 13.2. The third-order valence-electron chi connectivity index (χ3n) is 3.31. The monoisotopic (exact) mass is 385 g/mol. The Bertz CT molecular complexity index is 579. The summed E-state index contributed by atoms with van der Waals surface area (Å²) in [6.07, 6.45) is 2.14. The molecule has 0 aliphatic carbocycles. The van der Waals surface area contributed by atoms with Crippen molar-refractivity contribution in [2.45, 2.75) is 18.8 Å². The summed E-state index contributed by atoms with van der Waals surface area (Å²) in [5.41, 5.74) is 0.927. The Morgan fingerprint density at radius 1 is 1.21 bits per heavy atom. The van der Waals surface area contributed by atoms with E-state index in [4.69, 9.17) is 4.52 Å². The van der Waals surface area contributed by atoms with Crippen molar-refractivity contribution in [3.8, 4) is 11.5 Å². The highest BCUT2D eigenvalue weighted by molar-refractivity contribution is 9.11. The van der Waals surface area contributed by atoms with E-state index < -0.39 is 0 Å². The van der Waals surface area contributed by atoms with Gasteiger partial charge in [-0.05, 0) is 60.1 Å². The zero-order valence-corrected chi connectivity index (χ0v) is 13.4. The first-order valence-electron chi connectivity index (χ1n) is 6.24. The molecule has 0 atom stereocenters. The molecule has 100 valence electrons. The summed E-state index contributed by atoms with van der Waals surface area (Å²) in [7, 11) is 0. The molecule has 1 aliphatic rings. The first kappa shape index (κ1) is 13.3. The predicted octanol–water partition coefficient (Wildman–Crippen LogP) is 3.73. The van der Waals surface area contributed by atoms with Crippen molar-refractivity contribution >= 4 is 31.9 Å². The molecule has 4 nitrogen and oxygen atoms in total. The van der Waals surface area contributed by atoms with Crippen LogP contribution in [0.15, 0.2) is 31.7 Å². The molecule has 1 fully saturated rings. The van der Waals surface area contributed by atoms with Crippen LogP contribution in [0.1, 0.15) is 24.6 Å². The summed E-state index contributed by atoms with van der Waals surface area (Å²) in [4.78, 5) is 4.54. The first-order chi connectivity index (χ1) is 9.24. The molecule has 0 radical (unpaired) electrons. The lowest BCUT2D eigenvalue weighted by Gasteiger charge is -2.18. The van der Waals surface area contributed by atoms with Crippen LogP contribution >= 0.6 is 31.9 Å². The van der Waals surface area contributed by atoms with Gasteiger partial charge in [-0.2, -0.15) is 4.98 Å². The second kappa shape index (κ2) is 5.73. The summed E-state index contributed by atoms with van der Waals surface area (Å²) in [6, 6.07) is 5.91. The van der Waals surface area contributed by atoms with E-state index in [1.54, 1.807) is 0 Å². The molecule has 0 bridgehead atoms. The Kier molecular flexibility index (Phi) is 4.00. The molecular weight excluding hydrogens is 374 g/mol. The van der Waals surface area contributed by atoms with Gasteiger partial charge in [0.25, 0.3) is 5.89 Å². The summed E-state index contributed by atoms with van der Waals surface area (Å²) < 4.78 is 7.36. The standard InChI is InChI=1S/C13H13Br2N3O/c14-9-1-2-10(11(15)7-9)13-17-12(18-19-13)8-3-5-16-6-4-8/h1-2,7-8,16H,3-6H2. The van der Waals surface area contributed by atoms with E-state index >= 15 is 0 Å². The van der Waals surface area contributed by atoms with Gasteiger partial charge in [0.2, 0.25) is 0 Å². The van der Waals surface area contributed by atoms with E-state index in [9.17, 15) is 0 Å². The number of piperidine rings is 1. The summed E-state index contributed by atoms with van der Waals surface area (Å²) in [5, 5.41) is 7.47. The molecule has 0 saturated carbocycles. The number of benzene rings is 1. The van der Waals surface area contributed by atoms with E-state index in [0.717, 1.165) is 46.3 Å². The maximum atomic E-state index is 5.40. The van der Waals surface area contributed by atoms with Gasteiger partial charge < -0.3 is 9.84 Å². The van der Waals surface area contributed by atoms with E-state index in [0.29, 0.717) is 11.8 Å². The third-order valence-corrected chi connectivity index (χ3v) is 4.46. The van der Waals surface area contributed by atoms with Crippen LogP contribution in [0.5, 0.6) is 0 Å². The highest BCUT2D eigenvalue weighted by atomic mass is 79.9.